The second kappa shape index (κ2) is 16.7. The second-order valence-electron chi connectivity index (χ2n) is 4.34. The van der Waals surface area contributed by atoms with E-state index >= 15 is 0 Å². The van der Waals surface area contributed by atoms with Crippen LogP contribution >= 0.6 is 13.4 Å². The molecule has 0 unspecified atom stereocenters. The fourth-order valence-electron chi connectivity index (χ4n) is 1.07. The molecular weight excluding hydrogens is 413 g/mol. The molecule has 6 N–H and O–H groups in total. The quantitative estimate of drug-likeness (QED) is 0.273. The van der Waals surface area contributed by atoms with Crippen LogP contribution in [0.1, 0.15) is 11.1 Å². The normalized spacial score (nSPS) is 9.60. The molecule has 0 aliphatic rings. The summed E-state index contributed by atoms with van der Waals surface area (Å²) in [6, 6.07) is 20.5. The Morgan fingerprint density at radius 3 is 0.800 bits per heavy atom. The molecule has 0 aliphatic carbocycles. The summed E-state index contributed by atoms with van der Waals surface area (Å²) >= 11 is 7.21. The Balaban J connectivity index is -0.000000259. The Kier molecular flexibility index (Phi) is 20.1. The molecule has 0 heterocycles. The Bertz CT molecular complexity index is 560. The van der Waals surface area contributed by atoms with Gasteiger partial charge in [0.25, 0.3) is 0 Å². The summed E-state index contributed by atoms with van der Waals surface area (Å²) in [6.07, 6.45) is 0. The molecule has 11 heteroatoms. The van der Waals surface area contributed by atoms with Crippen molar-refractivity contribution in [2.24, 2.45) is 0 Å². The zero-order chi connectivity index (χ0) is 19.2. The van der Waals surface area contributed by atoms with Gasteiger partial charge in [0.1, 0.15) is 0 Å². The van der Waals surface area contributed by atoms with Crippen LogP contribution in [0.5, 0.6) is 0 Å². The van der Waals surface area contributed by atoms with Crippen LogP contribution in [-0.4, -0.2) is 58.9 Å². The van der Waals surface area contributed by atoms with Gasteiger partial charge in [0.2, 0.25) is 0 Å². The zero-order valence-electron chi connectivity index (χ0n) is 13.2. The number of rotatable bonds is 0. The Morgan fingerprint density at radius 1 is 0.560 bits per heavy atom. The van der Waals surface area contributed by atoms with E-state index in [1.165, 1.54) is 11.1 Å². The summed E-state index contributed by atoms with van der Waals surface area (Å²) in [7, 11) is 0. The van der Waals surface area contributed by atoms with Crippen LogP contribution in [0.15, 0.2) is 60.7 Å². The fourth-order valence-corrected chi connectivity index (χ4v) is 1.07. The van der Waals surface area contributed by atoms with Crippen LogP contribution < -0.4 is 0 Å². The molecule has 0 fully saturated rings. The van der Waals surface area contributed by atoms with Gasteiger partial charge < -0.3 is 29.4 Å². The first-order chi connectivity index (χ1) is 10.8. The molecule has 138 valence electrons. The summed E-state index contributed by atoms with van der Waals surface area (Å²) in [5, 5.41) is 0. The topological polar surface area (TPSA) is 121 Å². The van der Waals surface area contributed by atoms with E-state index in [4.69, 9.17) is 29.4 Å². The molecule has 25 heavy (non-hydrogen) atoms. The van der Waals surface area contributed by atoms with Gasteiger partial charge in [-0.2, -0.15) is 0 Å². The minimum atomic E-state index is -3.81. The number of benzene rings is 2. The van der Waals surface area contributed by atoms with E-state index in [9.17, 15) is 0 Å². The molecule has 0 saturated carbocycles. The van der Waals surface area contributed by atoms with Crippen molar-refractivity contribution < 1.29 is 29.4 Å². The first-order valence-corrected chi connectivity index (χ1v) is 11.7. The maximum absolute atomic E-state index is 7.56. The van der Waals surface area contributed by atoms with Crippen LogP contribution in [0.25, 0.3) is 0 Å². The van der Waals surface area contributed by atoms with Crippen molar-refractivity contribution in [3.63, 3.8) is 0 Å². The van der Waals surface area contributed by atoms with Gasteiger partial charge in [-0.1, -0.05) is 71.8 Å². The Hall–Kier alpha value is 0.500. The molecule has 0 aromatic heterocycles. The number of hydrogen-bond acceptors (Lipinski definition) is 2. The van der Waals surface area contributed by atoms with Crippen molar-refractivity contribution in [1.82, 2.24) is 0 Å². The molecule has 2 aromatic rings. The van der Waals surface area contributed by atoms with Crippen molar-refractivity contribution in [1.29, 1.82) is 0 Å². The van der Waals surface area contributed by atoms with Gasteiger partial charge in [-0.05, 0) is 37.5 Å². The molecule has 0 spiro atoms. The van der Waals surface area contributed by atoms with Crippen molar-refractivity contribution in [3.05, 3.63) is 71.8 Å². The van der Waals surface area contributed by atoms with Crippen LogP contribution in [0.3, 0.4) is 0 Å². The fraction of sp³-hybridized carbons (Fsp3) is 0.143. The van der Waals surface area contributed by atoms with Crippen molar-refractivity contribution in [3.8, 4) is 0 Å². The van der Waals surface area contributed by atoms with Crippen LogP contribution in [0.2, 0.25) is 0 Å². The van der Waals surface area contributed by atoms with Gasteiger partial charge in [0, 0.05) is 0 Å². The number of aryl methyl sites for hydroxylation is 2. The molecular formula is C14H23NaO6P2S2. The molecule has 6 nitrogen and oxygen atoms in total. The van der Waals surface area contributed by atoms with Gasteiger partial charge in [0.05, 0.1) is 0 Å². The van der Waals surface area contributed by atoms with Crippen LogP contribution in [-0.2, 0) is 23.6 Å². The summed E-state index contributed by atoms with van der Waals surface area (Å²) in [5.41, 5.74) is 2.64. The summed E-state index contributed by atoms with van der Waals surface area (Å²) in [4.78, 5) is 45.3. The minimum absolute atomic E-state index is 0. The van der Waals surface area contributed by atoms with Gasteiger partial charge in [0.15, 0.2) is 0 Å². The van der Waals surface area contributed by atoms with E-state index in [1.54, 1.807) is 0 Å². The van der Waals surface area contributed by atoms with Gasteiger partial charge in [-0.3, -0.25) is 0 Å². The van der Waals surface area contributed by atoms with Gasteiger partial charge in [-0.15, -0.1) is 0 Å². The predicted octanol–water partition coefficient (Wildman–Crippen LogP) is 1.72. The third kappa shape index (κ3) is 45.6. The molecule has 0 amide bonds. The molecule has 2 rings (SSSR count). The van der Waals surface area contributed by atoms with E-state index in [2.05, 4.69) is 61.7 Å². The number of hydrogen-bond donors (Lipinski definition) is 6. The second-order valence-corrected chi connectivity index (χ2v) is 9.33. The van der Waals surface area contributed by atoms with Crippen LogP contribution in [0.4, 0.5) is 0 Å². The van der Waals surface area contributed by atoms with E-state index in [0.29, 0.717) is 0 Å². The van der Waals surface area contributed by atoms with E-state index in [0.717, 1.165) is 0 Å². The predicted molar refractivity (Wildman–Crippen MR) is 111 cm³/mol. The van der Waals surface area contributed by atoms with Crippen molar-refractivity contribution in [2.45, 2.75) is 13.8 Å². The molecule has 0 radical (unpaired) electrons. The summed E-state index contributed by atoms with van der Waals surface area (Å²) in [5.74, 6) is 0. The third-order valence-electron chi connectivity index (χ3n) is 1.88. The van der Waals surface area contributed by atoms with Crippen LogP contribution in [0, 0.1) is 13.8 Å². The molecule has 2 aromatic carbocycles. The SMILES string of the molecule is Cc1ccccc1.Cc1ccccc1.OP(O)(O)=S.OP(O)(O)=S.[NaH]. The van der Waals surface area contributed by atoms with Crippen molar-refractivity contribution in [2.75, 3.05) is 0 Å². The molecule has 0 bridgehead atoms. The van der Waals surface area contributed by atoms with E-state index in [-0.39, 0.29) is 29.6 Å². The molecule has 0 atom stereocenters. The molecule has 0 saturated heterocycles. The Labute approximate surface area is 180 Å². The average molecular weight is 436 g/mol. The molecule has 0 aliphatic heterocycles. The average Bonchev–Trinajstić information content (AvgIpc) is 2.37. The van der Waals surface area contributed by atoms with Crippen molar-refractivity contribution >= 4 is 66.6 Å². The third-order valence-corrected chi connectivity index (χ3v) is 1.88. The summed E-state index contributed by atoms with van der Waals surface area (Å²) in [6.45, 7) is -3.44. The van der Waals surface area contributed by atoms with E-state index < -0.39 is 13.4 Å². The van der Waals surface area contributed by atoms with Gasteiger partial charge >= 0.3 is 43.0 Å². The first-order valence-electron chi connectivity index (χ1n) is 6.39. The standard InChI is InChI=1S/2C7H8.Na.2H3O3PS.H/c2*1-7-5-3-2-4-6-7;;2*1-4(2,3)5;/h2*2-6H,1H3;;2*(H3,1,2,3,5);. The Morgan fingerprint density at radius 2 is 0.720 bits per heavy atom. The van der Waals surface area contributed by atoms with E-state index in [1.807, 2.05) is 36.4 Å². The monoisotopic (exact) mass is 436 g/mol. The zero-order valence-corrected chi connectivity index (χ0v) is 16.6. The van der Waals surface area contributed by atoms with Gasteiger partial charge in [-0.25, -0.2) is 0 Å². The maximum atomic E-state index is 7.56. The first kappa shape index (κ1) is 30.2. The summed E-state index contributed by atoms with van der Waals surface area (Å²) < 4.78 is 0.